The van der Waals surface area contributed by atoms with Crippen LogP contribution in [0.5, 0.6) is 0 Å². The van der Waals surface area contributed by atoms with Crippen LogP contribution in [0.25, 0.3) is 11.0 Å². The van der Waals surface area contributed by atoms with E-state index >= 15 is 0 Å². The Kier molecular flexibility index (Phi) is 3.93. The lowest BCUT2D eigenvalue weighted by Gasteiger charge is -2.08. The third-order valence-corrected chi connectivity index (χ3v) is 4.16. The highest BCUT2D eigenvalue weighted by molar-refractivity contribution is 9.10. The first kappa shape index (κ1) is 13.5. The van der Waals surface area contributed by atoms with Crippen LogP contribution < -0.4 is 5.32 Å². The Morgan fingerprint density at radius 1 is 1.35 bits per heavy atom. The SMILES string of the molecule is Cc1nc(CCNc2ccnc3cc(Br)cnc23)cs1. The summed E-state index contributed by atoms with van der Waals surface area (Å²) in [5.74, 6) is 0. The summed E-state index contributed by atoms with van der Waals surface area (Å²) < 4.78 is 0.938. The number of thiazole rings is 1. The lowest BCUT2D eigenvalue weighted by Crippen LogP contribution is -2.06. The van der Waals surface area contributed by atoms with E-state index in [0.717, 1.165) is 44.9 Å². The van der Waals surface area contributed by atoms with Gasteiger partial charge in [-0.1, -0.05) is 0 Å². The van der Waals surface area contributed by atoms with Crippen LogP contribution in [-0.4, -0.2) is 21.5 Å². The van der Waals surface area contributed by atoms with Crippen LogP contribution in [0.2, 0.25) is 0 Å². The molecule has 0 saturated heterocycles. The van der Waals surface area contributed by atoms with Gasteiger partial charge < -0.3 is 5.32 Å². The highest BCUT2D eigenvalue weighted by atomic mass is 79.9. The molecule has 1 N–H and O–H groups in total. The Labute approximate surface area is 129 Å². The third kappa shape index (κ3) is 2.96. The maximum Gasteiger partial charge on any atom is 0.112 e. The van der Waals surface area contributed by atoms with Gasteiger partial charge in [-0.25, -0.2) is 4.98 Å². The minimum Gasteiger partial charge on any atom is -0.383 e. The van der Waals surface area contributed by atoms with Crippen molar-refractivity contribution in [2.45, 2.75) is 13.3 Å². The van der Waals surface area contributed by atoms with Gasteiger partial charge in [-0.15, -0.1) is 11.3 Å². The molecule has 0 atom stereocenters. The Bertz CT molecular complexity index is 741. The summed E-state index contributed by atoms with van der Waals surface area (Å²) in [6.45, 7) is 2.86. The maximum atomic E-state index is 4.46. The van der Waals surface area contributed by atoms with Crippen molar-refractivity contribution >= 4 is 44.0 Å². The van der Waals surface area contributed by atoms with E-state index in [1.165, 1.54) is 0 Å². The van der Waals surface area contributed by atoms with E-state index < -0.39 is 0 Å². The minimum absolute atomic E-state index is 0.833. The average molecular weight is 349 g/mol. The van der Waals surface area contributed by atoms with E-state index in [2.05, 4.69) is 41.6 Å². The predicted molar refractivity (Wildman–Crippen MR) is 86.3 cm³/mol. The zero-order chi connectivity index (χ0) is 13.9. The fraction of sp³-hybridized carbons (Fsp3) is 0.214. The summed E-state index contributed by atoms with van der Waals surface area (Å²) >= 11 is 5.10. The molecule has 3 heterocycles. The van der Waals surface area contributed by atoms with Crippen LogP contribution in [0.15, 0.2) is 34.4 Å². The van der Waals surface area contributed by atoms with Crippen molar-refractivity contribution in [2.75, 3.05) is 11.9 Å². The molecule has 6 heteroatoms. The van der Waals surface area contributed by atoms with E-state index in [4.69, 9.17) is 0 Å². The van der Waals surface area contributed by atoms with Gasteiger partial charge in [0.05, 0.1) is 21.9 Å². The summed E-state index contributed by atoms with van der Waals surface area (Å²) in [5.41, 5.74) is 3.92. The number of nitrogens with zero attached hydrogens (tertiary/aromatic N) is 3. The number of halogens is 1. The summed E-state index contributed by atoms with van der Waals surface area (Å²) in [6, 6.07) is 3.92. The van der Waals surface area contributed by atoms with Crippen LogP contribution in [0.4, 0.5) is 5.69 Å². The van der Waals surface area contributed by atoms with Crippen molar-refractivity contribution in [3.05, 3.63) is 45.1 Å². The summed E-state index contributed by atoms with van der Waals surface area (Å²) in [6.07, 6.45) is 4.50. The van der Waals surface area contributed by atoms with Crippen molar-refractivity contribution in [3.63, 3.8) is 0 Å². The molecule has 3 aromatic heterocycles. The van der Waals surface area contributed by atoms with E-state index in [9.17, 15) is 0 Å². The number of fused-ring (bicyclic) bond motifs is 1. The first-order chi connectivity index (χ1) is 9.72. The van der Waals surface area contributed by atoms with Crippen molar-refractivity contribution in [3.8, 4) is 0 Å². The fourth-order valence-electron chi connectivity index (χ4n) is 2.00. The normalized spacial score (nSPS) is 10.9. The molecule has 0 aromatic carbocycles. The van der Waals surface area contributed by atoms with E-state index in [-0.39, 0.29) is 0 Å². The van der Waals surface area contributed by atoms with Gasteiger partial charge in [0.15, 0.2) is 0 Å². The van der Waals surface area contributed by atoms with E-state index in [1.54, 1.807) is 23.7 Å². The van der Waals surface area contributed by atoms with Gasteiger partial charge in [-0.3, -0.25) is 9.97 Å². The second-order valence-corrected chi connectivity index (χ2v) is 6.39. The number of aryl methyl sites for hydroxylation is 1. The second-order valence-electron chi connectivity index (χ2n) is 4.41. The highest BCUT2D eigenvalue weighted by Gasteiger charge is 2.04. The topological polar surface area (TPSA) is 50.7 Å². The fourth-order valence-corrected chi connectivity index (χ4v) is 2.96. The molecule has 0 saturated carbocycles. The summed E-state index contributed by atoms with van der Waals surface area (Å²) in [4.78, 5) is 13.2. The zero-order valence-electron chi connectivity index (χ0n) is 10.9. The van der Waals surface area contributed by atoms with Crippen molar-refractivity contribution in [1.82, 2.24) is 15.0 Å². The molecular formula is C14H13BrN4S. The van der Waals surface area contributed by atoms with Gasteiger partial charge in [-0.2, -0.15) is 0 Å². The lowest BCUT2D eigenvalue weighted by atomic mass is 10.2. The number of hydrogen-bond donors (Lipinski definition) is 1. The van der Waals surface area contributed by atoms with Crippen LogP contribution in [0.3, 0.4) is 0 Å². The highest BCUT2D eigenvalue weighted by Crippen LogP contribution is 2.22. The van der Waals surface area contributed by atoms with Crippen molar-refractivity contribution < 1.29 is 0 Å². The van der Waals surface area contributed by atoms with Crippen molar-refractivity contribution in [2.24, 2.45) is 0 Å². The molecule has 0 radical (unpaired) electrons. The maximum absolute atomic E-state index is 4.46. The Morgan fingerprint density at radius 3 is 3.05 bits per heavy atom. The first-order valence-electron chi connectivity index (χ1n) is 6.27. The number of aromatic nitrogens is 3. The lowest BCUT2D eigenvalue weighted by molar-refractivity contribution is 0.969. The molecule has 0 spiro atoms. The summed E-state index contributed by atoms with van der Waals surface area (Å²) in [5, 5.41) is 6.63. The molecule has 0 unspecified atom stereocenters. The van der Waals surface area contributed by atoms with Crippen LogP contribution in [-0.2, 0) is 6.42 Å². The van der Waals surface area contributed by atoms with Gasteiger partial charge in [-0.05, 0) is 35.0 Å². The molecule has 0 aliphatic rings. The van der Waals surface area contributed by atoms with Gasteiger partial charge >= 0.3 is 0 Å². The molecule has 3 rings (SSSR count). The molecule has 0 aliphatic heterocycles. The first-order valence-corrected chi connectivity index (χ1v) is 7.95. The molecule has 20 heavy (non-hydrogen) atoms. The van der Waals surface area contributed by atoms with Crippen LogP contribution in [0, 0.1) is 6.92 Å². The van der Waals surface area contributed by atoms with E-state index in [1.807, 2.05) is 19.1 Å². The summed E-state index contributed by atoms with van der Waals surface area (Å²) in [7, 11) is 0. The number of anilines is 1. The van der Waals surface area contributed by atoms with Gasteiger partial charge in [0.1, 0.15) is 5.52 Å². The van der Waals surface area contributed by atoms with Gasteiger partial charge in [0.2, 0.25) is 0 Å². The van der Waals surface area contributed by atoms with Gasteiger partial charge in [0.25, 0.3) is 0 Å². The largest absolute Gasteiger partial charge is 0.383 e. The minimum atomic E-state index is 0.833. The van der Waals surface area contributed by atoms with E-state index in [0.29, 0.717) is 0 Å². The standard InChI is InChI=1S/C14H13BrN4S/c1-9-19-11(8-20-9)2-4-16-12-3-5-17-13-6-10(15)7-18-14(12)13/h3,5-8H,2,4H2,1H3,(H,16,17). The second kappa shape index (κ2) is 5.85. The number of hydrogen-bond acceptors (Lipinski definition) is 5. The molecule has 3 aromatic rings. The zero-order valence-corrected chi connectivity index (χ0v) is 13.3. The molecule has 0 aliphatic carbocycles. The van der Waals surface area contributed by atoms with Crippen LogP contribution >= 0.6 is 27.3 Å². The number of nitrogens with one attached hydrogen (secondary N) is 1. The predicted octanol–water partition coefficient (Wildman–Crippen LogP) is 3.81. The van der Waals surface area contributed by atoms with Crippen LogP contribution in [0.1, 0.15) is 10.7 Å². The molecule has 0 fully saturated rings. The molecule has 0 amide bonds. The number of pyridine rings is 2. The molecule has 0 bridgehead atoms. The van der Waals surface area contributed by atoms with Gasteiger partial charge in [0, 0.05) is 35.2 Å². The molecule has 4 nitrogen and oxygen atoms in total. The third-order valence-electron chi connectivity index (χ3n) is 2.91. The monoisotopic (exact) mass is 348 g/mol. The number of rotatable bonds is 4. The Hall–Kier alpha value is -1.53. The molecule has 102 valence electrons. The average Bonchev–Trinajstić information content (AvgIpc) is 2.84. The Balaban J connectivity index is 1.74. The Morgan fingerprint density at radius 2 is 2.25 bits per heavy atom. The quantitative estimate of drug-likeness (QED) is 0.778. The smallest absolute Gasteiger partial charge is 0.112 e. The molecular weight excluding hydrogens is 336 g/mol. The van der Waals surface area contributed by atoms with Crippen molar-refractivity contribution in [1.29, 1.82) is 0 Å².